The predicted octanol–water partition coefficient (Wildman–Crippen LogP) is 12.9. The molecule has 6 aromatic rings. The van der Waals surface area contributed by atoms with E-state index in [0.717, 1.165) is 19.3 Å². The highest BCUT2D eigenvalue weighted by molar-refractivity contribution is 7.94. The second kappa shape index (κ2) is 25.9. The lowest BCUT2D eigenvalue weighted by Crippen LogP contribution is -2.52. The van der Waals surface area contributed by atoms with Gasteiger partial charge in [-0.3, -0.25) is 19.2 Å². The molecule has 1 aliphatic rings. The molecule has 1 unspecified atom stereocenters. The summed E-state index contributed by atoms with van der Waals surface area (Å²) in [6, 6.07) is 29.6. The quantitative estimate of drug-likeness (QED) is 0.0384. The van der Waals surface area contributed by atoms with E-state index in [-0.39, 0.29) is 92.2 Å². The summed E-state index contributed by atoms with van der Waals surface area (Å²) in [4.78, 5) is 53.0. The van der Waals surface area contributed by atoms with Gasteiger partial charge in [-0.1, -0.05) is 39.5 Å². The fourth-order valence-electron chi connectivity index (χ4n) is 9.32. The third-order valence-corrected chi connectivity index (χ3v) is 22.3. The number of ketones is 4. The summed E-state index contributed by atoms with van der Waals surface area (Å²) < 4.78 is 114. The van der Waals surface area contributed by atoms with Crippen molar-refractivity contribution in [1.82, 2.24) is 8.15 Å². The van der Waals surface area contributed by atoms with E-state index in [9.17, 15) is 19.2 Å². The molecule has 0 amide bonds. The molecule has 7 rings (SSSR count). The number of carbonyl (C=O) groups excluding carboxylic acids is 4. The van der Waals surface area contributed by atoms with Crippen LogP contribution in [0.4, 0.5) is 0 Å². The number of benzene rings is 6. The van der Waals surface area contributed by atoms with E-state index >= 15 is 16.8 Å². The number of aryl methyl sites for hydroxylation is 2. The number of ether oxygens (including phenoxy) is 4. The van der Waals surface area contributed by atoms with Crippen molar-refractivity contribution in [3.05, 3.63) is 155 Å². The van der Waals surface area contributed by atoms with E-state index in [1.54, 1.807) is 62.4 Å². The third-order valence-electron chi connectivity index (χ3n) is 13.9. The molecule has 0 N–H and O–H groups in total. The lowest BCUT2D eigenvalue weighted by molar-refractivity contribution is 0.100. The normalized spacial score (nSPS) is 15.1. The fourth-order valence-corrected chi connectivity index (χ4v) is 17.2. The molecule has 18 nitrogen and oxygen atoms in total. The summed E-state index contributed by atoms with van der Waals surface area (Å²) in [5.41, 5.74) is 0.391. The summed E-state index contributed by atoms with van der Waals surface area (Å²) in [6.45, 7) is 12.4. The number of rotatable bonds is 25. The molecule has 1 saturated carbocycles. The lowest BCUT2D eigenvalue weighted by Gasteiger charge is -2.47. The van der Waals surface area contributed by atoms with Crippen LogP contribution in [-0.2, 0) is 20.0 Å². The van der Waals surface area contributed by atoms with E-state index in [1.165, 1.54) is 129 Å². The zero-order valence-corrected chi connectivity index (χ0v) is 50.6. The molecule has 81 heavy (non-hydrogen) atoms. The molecule has 0 aliphatic heterocycles. The molecule has 6 aromatic carbocycles. The van der Waals surface area contributed by atoms with Crippen LogP contribution in [0, 0.1) is 19.8 Å². The smallest absolute Gasteiger partial charge is 0.400 e. The van der Waals surface area contributed by atoms with Gasteiger partial charge in [0.2, 0.25) is 0 Å². The molecule has 22 heteroatoms. The number of Topliss-reactive ketones (excluding diaryl/α,β-unsaturated/α-hetero) is 4. The minimum absolute atomic E-state index is 0.0288. The summed E-state index contributed by atoms with van der Waals surface area (Å²) in [6.07, 6.45) is 0.492. The van der Waals surface area contributed by atoms with Crippen LogP contribution < -0.4 is 37.0 Å². The van der Waals surface area contributed by atoms with Gasteiger partial charge in [-0.25, -0.2) is 16.8 Å². The first kappa shape index (κ1) is 61.7. The highest BCUT2D eigenvalue weighted by atomic mass is 32.2. The molecular formula is C59H66N2O16P2S2. The zero-order valence-electron chi connectivity index (χ0n) is 47.2. The average Bonchev–Trinajstić information content (AvgIpc) is 3.52. The summed E-state index contributed by atoms with van der Waals surface area (Å²) in [5, 5.41) is 0. The molecule has 1 aliphatic carbocycles. The number of carbonyl (C=O) groups is 4. The summed E-state index contributed by atoms with van der Waals surface area (Å²) in [5.74, 6) is -1.28. The lowest BCUT2D eigenvalue weighted by atomic mass is 9.76. The number of hydrogen-bond donors (Lipinski definition) is 0. The highest BCUT2D eigenvalue weighted by Crippen LogP contribution is 2.58. The molecule has 0 bridgehead atoms. The molecule has 0 radical (unpaired) electrons. The Bertz CT molecular complexity index is 3470. The molecule has 1 atom stereocenters. The Hall–Kier alpha value is -6.92. The van der Waals surface area contributed by atoms with E-state index in [4.69, 9.17) is 37.0 Å². The van der Waals surface area contributed by atoms with E-state index in [2.05, 4.69) is 0 Å². The molecule has 1 fully saturated rings. The maximum Gasteiger partial charge on any atom is 0.400 e. The van der Waals surface area contributed by atoms with E-state index in [0.29, 0.717) is 11.5 Å². The minimum Gasteiger partial charge on any atom is -0.497 e. The average molecular weight is 1190 g/mol. The zero-order chi connectivity index (χ0) is 59.1. The maximum absolute atomic E-state index is 15.8. The largest absolute Gasteiger partial charge is 0.497 e. The molecule has 0 saturated heterocycles. The molecule has 0 spiro atoms. The van der Waals surface area contributed by atoms with Crippen LogP contribution in [0.3, 0.4) is 0 Å². The van der Waals surface area contributed by atoms with E-state index < -0.39 is 77.7 Å². The molecule has 0 aromatic heterocycles. The van der Waals surface area contributed by atoms with Gasteiger partial charge >= 0.3 is 17.1 Å². The number of hydrogen-bond acceptors (Lipinski definition) is 16. The van der Waals surface area contributed by atoms with Crippen molar-refractivity contribution in [3.63, 3.8) is 0 Å². The monoisotopic (exact) mass is 1180 g/mol. The SMILES string of the molecule is COc1ccc(C(C)=O)c(OP(Oc2ccc(OC)cc2C(C)=O)N(C2CCC(C(C)(C)N(P(Oc3cc(OC)ccc3C(C)=O)Oc3cc(OC)ccc3C(C)=O)S(=O)(=O)c3ccc(C)cc3)CC2)S(=O)(=O)c2ccc(C)cc2)c1. The third kappa shape index (κ3) is 13.9. The van der Waals surface area contributed by atoms with Gasteiger partial charge in [0, 0.05) is 29.8 Å². The van der Waals surface area contributed by atoms with Gasteiger partial charge in [-0.2, -0.15) is 0 Å². The van der Waals surface area contributed by atoms with Crippen LogP contribution in [0.15, 0.2) is 131 Å². The van der Waals surface area contributed by atoms with Crippen LogP contribution in [-0.4, -0.2) is 88.1 Å². The Kier molecular flexibility index (Phi) is 19.7. The molecule has 430 valence electrons. The Morgan fingerprint density at radius 3 is 1.17 bits per heavy atom. The first-order chi connectivity index (χ1) is 38.3. The topological polar surface area (TPSA) is 217 Å². The predicted molar refractivity (Wildman–Crippen MR) is 309 cm³/mol. The van der Waals surface area contributed by atoms with Gasteiger partial charge in [0.15, 0.2) is 23.1 Å². The van der Waals surface area contributed by atoms with Crippen LogP contribution in [0.1, 0.15) is 120 Å². The van der Waals surface area contributed by atoms with Crippen LogP contribution in [0.2, 0.25) is 0 Å². The van der Waals surface area contributed by atoms with Crippen molar-refractivity contribution in [2.75, 3.05) is 28.4 Å². The fraction of sp³-hybridized carbons (Fsp3) is 0.322. The van der Waals surface area contributed by atoms with Crippen molar-refractivity contribution in [2.24, 2.45) is 5.92 Å². The van der Waals surface area contributed by atoms with Crippen LogP contribution in [0.5, 0.6) is 46.0 Å². The summed E-state index contributed by atoms with van der Waals surface area (Å²) in [7, 11) is -9.52. The number of sulfonamides is 2. The van der Waals surface area contributed by atoms with Crippen molar-refractivity contribution in [1.29, 1.82) is 0 Å². The van der Waals surface area contributed by atoms with Crippen LogP contribution in [0.25, 0.3) is 0 Å². The van der Waals surface area contributed by atoms with Gasteiger partial charge in [-0.05, 0) is 166 Å². The van der Waals surface area contributed by atoms with Gasteiger partial charge in [0.05, 0.1) is 60.5 Å². The van der Waals surface area contributed by atoms with Crippen molar-refractivity contribution in [3.8, 4) is 46.0 Å². The number of nitrogens with zero attached hydrogens (tertiary/aromatic N) is 2. The highest BCUT2D eigenvalue weighted by Gasteiger charge is 2.53. The van der Waals surface area contributed by atoms with Gasteiger partial charge in [0.25, 0.3) is 20.0 Å². The van der Waals surface area contributed by atoms with Gasteiger partial charge in [0.1, 0.15) is 46.0 Å². The Morgan fingerprint density at radius 2 is 0.790 bits per heavy atom. The van der Waals surface area contributed by atoms with Crippen molar-refractivity contribution in [2.45, 2.75) is 102 Å². The van der Waals surface area contributed by atoms with Crippen LogP contribution >= 0.6 is 17.1 Å². The van der Waals surface area contributed by atoms with Crippen molar-refractivity contribution < 1.29 is 73.1 Å². The standard InChI is InChI=1S/C59H66N2O16P2S2/c1-37-13-25-49(26-14-37)80(66,67)60(78(74-55-32-24-45(70-9)33-54(55)42(6)65)75-56-34-46(71-10)21-29-51(56)39(3)62)44-19-17-43(18-20-44)59(7,8)61(81(68,69)50-27-15-38(2)16-28-50)79(76-57-35-47(72-11)22-30-52(57)40(4)63)77-58-36-48(73-12)23-31-53(58)41(5)64/h13-16,21-36,43-44H,17-20H2,1-12H3. The van der Waals surface area contributed by atoms with E-state index in [1.807, 2.05) is 13.8 Å². The Labute approximate surface area is 476 Å². The second-order valence-corrected chi connectivity index (χ2v) is 26.5. The minimum atomic E-state index is -4.71. The Balaban J connectivity index is 1.40. The van der Waals surface area contributed by atoms with Crippen molar-refractivity contribution >= 4 is 60.2 Å². The van der Waals surface area contributed by atoms with Gasteiger partial charge < -0.3 is 37.0 Å². The first-order valence-electron chi connectivity index (χ1n) is 25.7. The summed E-state index contributed by atoms with van der Waals surface area (Å²) >= 11 is 0. The molecule has 0 heterocycles. The first-order valence-corrected chi connectivity index (χ1v) is 30.8. The van der Waals surface area contributed by atoms with Gasteiger partial charge in [-0.15, -0.1) is 4.08 Å². The maximum atomic E-state index is 15.8. The number of methoxy groups -OCH3 is 4. The molecular weight excluding hydrogens is 1120 g/mol. The second-order valence-electron chi connectivity index (χ2n) is 19.8. The Morgan fingerprint density at radius 1 is 0.444 bits per heavy atom.